The summed E-state index contributed by atoms with van der Waals surface area (Å²) in [7, 11) is 2.30. The first-order valence-corrected chi connectivity index (χ1v) is 8.44. The van der Waals surface area contributed by atoms with Crippen LogP contribution in [0.25, 0.3) is 0 Å². The fraction of sp³-hybridized carbons (Fsp3) is 0.667. The zero-order valence-corrected chi connectivity index (χ0v) is 12.6. The Kier molecular flexibility index (Phi) is 2.32. The first-order chi connectivity index (χ1) is 10.2. The van der Waals surface area contributed by atoms with Crippen LogP contribution in [0, 0.1) is 5.92 Å². The van der Waals surface area contributed by atoms with Crippen molar-refractivity contribution in [3.8, 4) is 11.5 Å². The molecule has 1 aromatic carbocycles. The number of rotatable bonds is 0. The normalized spacial score (nSPS) is 40.3. The van der Waals surface area contributed by atoms with Crippen LogP contribution in [0.5, 0.6) is 11.5 Å². The standard InChI is InChI=1S/C18H23NO2/c1-19-9-3-8-18-12-4-2-5-15(18)21-17-14(20)7-6-11(16(17)18)10-13(12)19/h6-7,12-13,15,20H,2-5,8-10H2,1H3/t12-,13?,15-,18+/m0/s1. The highest BCUT2D eigenvalue weighted by Gasteiger charge is 2.61. The van der Waals surface area contributed by atoms with Gasteiger partial charge < -0.3 is 14.7 Å². The van der Waals surface area contributed by atoms with Crippen LogP contribution in [-0.4, -0.2) is 35.7 Å². The Morgan fingerprint density at radius 2 is 2.19 bits per heavy atom. The summed E-state index contributed by atoms with van der Waals surface area (Å²) in [5.74, 6) is 1.89. The van der Waals surface area contributed by atoms with Gasteiger partial charge in [0.25, 0.3) is 0 Å². The number of likely N-dealkylation sites (tertiary alicyclic amines) is 1. The smallest absolute Gasteiger partial charge is 0.165 e. The highest BCUT2D eigenvalue weighted by molar-refractivity contribution is 5.60. The first-order valence-electron chi connectivity index (χ1n) is 8.44. The maximum atomic E-state index is 10.3. The predicted molar refractivity (Wildman–Crippen MR) is 80.9 cm³/mol. The minimum absolute atomic E-state index is 0.190. The summed E-state index contributed by atoms with van der Waals surface area (Å²) in [6.07, 6.45) is 7.65. The molecule has 1 unspecified atom stereocenters. The molecule has 1 spiro atoms. The van der Waals surface area contributed by atoms with Gasteiger partial charge in [0.2, 0.25) is 0 Å². The molecule has 0 radical (unpaired) electrons. The van der Waals surface area contributed by atoms with Gasteiger partial charge in [-0.3, -0.25) is 0 Å². The molecule has 3 nitrogen and oxygen atoms in total. The zero-order valence-electron chi connectivity index (χ0n) is 12.6. The number of nitrogens with zero attached hydrogens (tertiary/aromatic N) is 1. The monoisotopic (exact) mass is 285 g/mol. The summed E-state index contributed by atoms with van der Waals surface area (Å²) in [5, 5.41) is 10.3. The molecule has 2 bridgehead atoms. The average molecular weight is 285 g/mol. The predicted octanol–water partition coefficient (Wildman–Crippen LogP) is 2.84. The Hall–Kier alpha value is -1.22. The van der Waals surface area contributed by atoms with Crippen LogP contribution in [0.2, 0.25) is 0 Å². The van der Waals surface area contributed by atoms with Crippen molar-refractivity contribution in [3.63, 3.8) is 0 Å². The van der Waals surface area contributed by atoms with E-state index in [0.717, 1.165) is 18.6 Å². The second kappa shape index (κ2) is 3.95. The van der Waals surface area contributed by atoms with Gasteiger partial charge in [-0.05, 0) is 69.7 Å². The number of phenols is 1. The van der Waals surface area contributed by atoms with Crippen molar-refractivity contribution in [2.24, 2.45) is 5.92 Å². The molecule has 5 rings (SSSR count). The summed E-state index contributed by atoms with van der Waals surface area (Å²) >= 11 is 0. The molecule has 2 heterocycles. The molecule has 0 aromatic heterocycles. The third kappa shape index (κ3) is 1.34. The quantitative estimate of drug-likeness (QED) is 0.795. The average Bonchev–Trinajstić information content (AvgIpc) is 2.78. The molecule has 1 aromatic rings. The Balaban J connectivity index is 1.81. The Labute approximate surface area is 125 Å². The molecule has 1 N–H and O–H groups in total. The van der Waals surface area contributed by atoms with Crippen molar-refractivity contribution >= 4 is 0 Å². The van der Waals surface area contributed by atoms with Gasteiger partial charge >= 0.3 is 0 Å². The molecular weight excluding hydrogens is 262 g/mol. The maximum absolute atomic E-state index is 10.3. The fourth-order valence-electron chi connectivity index (χ4n) is 5.97. The largest absolute Gasteiger partial charge is 0.504 e. The van der Waals surface area contributed by atoms with Crippen molar-refractivity contribution in [2.45, 2.75) is 56.1 Å². The lowest BCUT2D eigenvalue weighted by molar-refractivity contribution is 0.0130. The first kappa shape index (κ1) is 12.3. The van der Waals surface area contributed by atoms with Gasteiger partial charge in [0.05, 0.1) is 0 Å². The summed E-state index contributed by atoms with van der Waals surface area (Å²) in [4.78, 5) is 2.59. The Morgan fingerprint density at radius 3 is 3.10 bits per heavy atom. The highest BCUT2D eigenvalue weighted by atomic mass is 16.5. The van der Waals surface area contributed by atoms with E-state index in [2.05, 4.69) is 18.0 Å². The second-order valence-electron chi connectivity index (χ2n) is 7.49. The molecule has 112 valence electrons. The zero-order chi connectivity index (χ0) is 14.2. The van der Waals surface area contributed by atoms with Crippen LogP contribution >= 0.6 is 0 Å². The van der Waals surface area contributed by atoms with E-state index in [0.29, 0.717) is 23.8 Å². The molecule has 4 atom stereocenters. The van der Waals surface area contributed by atoms with E-state index < -0.39 is 0 Å². The van der Waals surface area contributed by atoms with E-state index in [1.807, 2.05) is 6.07 Å². The van der Waals surface area contributed by atoms with Gasteiger partial charge in [0.15, 0.2) is 11.5 Å². The van der Waals surface area contributed by atoms with Gasteiger partial charge in [-0.2, -0.15) is 0 Å². The third-order valence-electron chi connectivity index (χ3n) is 6.73. The molecule has 21 heavy (non-hydrogen) atoms. The number of likely N-dealkylation sites (N-methyl/N-ethyl adjacent to an activating group) is 1. The molecule has 0 amide bonds. The second-order valence-corrected chi connectivity index (χ2v) is 7.49. The number of phenolic OH excluding ortho intramolecular Hbond substituents is 1. The van der Waals surface area contributed by atoms with Crippen molar-refractivity contribution in [2.75, 3.05) is 13.6 Å². The molecule has 2 aliphatic carbocycles. The van der Waals surface area contributed by atoms with Gasteiger partial charge in [-0.15, -0.1) is 0 Å². The maximum Gasteiger partial charge on any atom is 0.165 e. The number of aromatic hydroxyl groups is 1. The number of hydrogen-bond acceptors (Lipinski definition) is 3. The summed E-state index contributed by atoms with van der Waals surface area (Å²) < 4.78 is 6.33. The summed E-state index contributed by atoms with van der Waals surface area (Å²) in [6, 6.07) is 4.65. The number of benzene rings is 1. The lowest BCUT2D eigenvalue weighted by atomic mass is 9.54. The van der Waals surface area contributed by atoms with E-state index >= 15 is 0 Å². The highest BCUT2D eigenvalue weighted by Crippen LogP contribution is 2.63. The van der Waals surface area contributed by atoms with E-state index in [9.17, 15) is 5.11 Å². The van der Waals surface area contributed by atoms with E-state index in [1.165, 1.54) is 43.4 Å². The van der Waals surface area contributed by atoms with Crippen molar-refractivity contribution in [1.82, 2.24) is 4.90 Å². The van der Waals surface area contributed by atoms with E-state index in [4.69, 9.17) is 4.74 Å². The molecule has 1 saturated heterocycles. The molecule has 3 heteroatoms. The molecule has 4 aliphatic rings. The Bertz CT molecular complexity index is 613. The Morgan fingerprint density at radius 1 is 1.29 bits per heavy atom. The van der Waals surface area contributed by atoms with Gasteiger partial charge in [-0.25, -0.2) is 0 Å². The van der Waals surface area contributed by atoms with Gasteiger partial charge in [0.1, 0.15) is 6.10 Å². The van der Waals surface area contributed by atoms with Crippen molar-refractivity contribution in [3.05, 3.63) is 23.3 Å². The minimum Gasteiger partial charge on any atom is -0.504 e. The van der Waals surface area contributed by atoms with Crippen LogP contribution in [0.15, 0.2) is 12.1 Å². The fourth-order valence-corrected chi connectivity index (χ4v) is 5.97. The lowest BCUT2D eigenvalue weighted by Gasteiger charge is -2.51. The van der Waals surface area contributed by atoms with Crippen molar-refractivity contribution in [1.29, 1.82) is 0 Å². The van der Waals surface area contributed by atoms with Crippen LogP contribution in [0.3, 0.4) is 0 Å². The van der Waals surface area contributed by atoms with E-state index in [1.54, 1.807) is 0 Å². The van der Waals surface area contributed by atoms with Crippen LogP contribution in [-0.2, 0) is 11.8 Å². The third-order valence-corrected chi connectivity index (χ3v) is 6.73. The minimum atomic E-state index is 0.190. The lowest BCUT2D eigenvalue weighted by Crippen LogP contribution is -2.56. The van der Waals surface area contributed by atoms with E-state index in [-0.39, 0.29) is 5.41 Å². The summed E-state index contributed by atoms with van der Waals surface area (Å²) in [6.45, 7) is 1.20. The topological polar surface area (TPSA) is 32.7 Å². The molecule has 2 fully saturated rings. The SMILES string of the molecule is CN1CCC[C@]23c4c5ccc(O)c4O[C@H]2CCC[C@H]3C1C5. The molecule has 1 saturated carbocycles. The van der Waals surface area contributed by atoms with Crippen molar-refractivity contribution < 1.29 is 9.84 Å². The van der Waals surface area contributed by atoms with Gasteiger partial charge in [-0.1, -0.05) is 6.07 Å². The number of hydrogen-bond donors (Lipinski definition) is 1. The number of ether oxygens (including phenoxy) is 1. The van der Waals surface area contributed by atoms with Crippen LogP contribution in [0.4, 0.5) is 0 Å². The molecular formula is C18H23NO2. The van der Waals surface area contributed by atoms with Crippen LogP contribution < -0.4 is 4.74 Å². The summed E-state index contributed by atoms with van der Waals surface area (Å²) in [5.41, 5.74) is 3.01. The molecule has 2 aliphatic heterocycles. The van der Waals surface area contributed by atoms with Gasteiger partial charge in [0, 0.05) is 17.0 Å². The van der Waals surface area contributed by atoms with Crippen LogP contribution in [0.1, 0.15) is 43.2 Å².